The monoisotopic (exact) mass is 349 g/mol. The molecule has 0 aliphatic carbocycles. The lowest BCUT2D eigenvalue weighted by Gasteiger charge is -2.24. The number of pyridine rings is 1. The summed E-state index contributed by atoms with van der Waals surface area (Å²) >= 11 is 1.49. The quantitative estimate of drug-likeness (QED) is 0.700. The summed E-state index contributed by atoms with van der Waals surface area (Å²) in [5, 5.41) is 0.904. The fourth-order valence-corrected chi connectivity index (χ4v) is 4.40. The van der Waals surface area contributed by atoms with E-state index in [0.29, 0.717) is 0 Å². The zero-order chi connectivity index (χ0) is 17.2. The molecule has 126 valence electrons. The van der Waals surface area contributed by atoms with Crippen molar-refractivity contribution >= 4 is 17.2 Å². The first-order chi connectivity index (χ1) is 12.2. The standard InChI is InChI=1S/C20H19N3OS/c1-14-18(25-19(22-14)16-6-3-2-4-7-16)20(24)23-13-5-8-17(23)15-9-11-21-12-10-15/h2-4,6-7,9-12,17H,5,8,13H2,1H3. The van der Waals surface area contributed by atoms with Gasteiger partial charge in [-0.2, -0.15) is 0 Å². The van der Waals surface area contributed by atoms with Crippen LogP contribution in [-0.4, -0.2) is 27.3 Å². The molecule has 1 atom stereocenters. The average molecular weight is 349 g/mol. The van der Waals surface area contributed by atoms with Gasteiger partial charge in [0.1, 0.15) is 9.88 Å². The molecular weight excluding hydrogens is 330 g/mol. The molecule has 4 nitrogen and oxygen atoms in total. The van der Waals surface area contributed by atoms with Crippen LogP contribution in [0.3, 0.4) is 0 Å². The van der Waals surface area contributed by atoms with E-state index in [4.69, 9.17) is 0 Å². The van der Waals surface area contributed by atoms with Gasteiger partial charge >= 0.3 is 0 Å². The normalized spacial score (nSPS) is 17.0. The van der Waals surface area contributed by atoms with Crippen LogP contribution in [0, 0.1) is 6.92 Å². The number of hydrogen-bond donors (Lipinski definition) is 0. The maximum Gasteiger partial charge on any atom is 0.266 e. The minimum Gasteiger partial charge on any atom is -0.331 e. The van der Waals surface area contributed by atoms with Gasteiger partial charge in [0.25, 0.3) is 5.91 Å². The zero-order valence-electron chi connectivity index (χ0n) is 14.1. The number of carbonyl (C=O) groups is 1. The Morgan fingerprint density at radius 2 is 1.92 bits per heavy atom. The molecule has 4 rings (SSSR count). The number of likely N-dealkylation sites (tertiary alicyclic amines) is 1. The molecule has 5 heteroatoms. The second kappa shape index (κ2) is 6.76. The number of carbonyl (C=O) groups excluding carboxylic acids is 1. The van der Waals surface area contributed by atoms with Crippen molar-refractivity contribution in [3.63, 3.8) is 0 Å². The van der Waals surface area contributed by atoms with E-state index in [1.165, 1.54) is 11.3 Å². The number of aromatic nitrogens is 2. The molecule has 3 aromatic rings. The fourth-order valence-electron chi connectivity index (χ4n) is 3.37. The summed E-state index contributed by atoms with van der Waals surface area (Å²) in [6, 6.07) is 14.2. The van der Waals surface area contributed by atoms with Crippen LogP contribution in [0.5, 0.6) is 0 Å². The molecular formula is C20H19N3OS. The van der Waals surface area contributed by atoms with Gasteiger partial charge in [-0.05, 0) is 37.5 Å². The molecule has 1 amide bonds. The number of rotatable bonds is 3. The molecule has 0 spiro atoms. The van der Waals surface area contributed by atoms with Crippen LogP contribution >= 0.6 is 11.3 Å². The van der Waals surface area contributed by atoms with Crippen molar-refractivity contribution in [3.8, 4) is 10.6 Å². The Balaban J connectivity index is 1.64. The summed E-state index contributed by atoms with van der Waals surface area (Å²) in [5.74, 6) is 0.0940. The van der Waals surface area contributed by atoms with Crippen LogP contribution in [-0.2, 0) is 0 Å². The van der Waals surface area contributed by atoms with Crippen molar-refractivity contribution in [1.29, 1.82) is 0 Å². The Kier molecular flexibility index (Phi) is 4.32. The van der Waals surface area contributed by atoms with E-state index in [1.807, 2.05) is 54.3 Å². The molecule has 2 aromatic heterocycles. The molecule has 1 aliphatic rings. The van der Waals surface area contributed by atoms with Gasteiger partial charge in [-0.15, -0.1) is 11.3 Å². The average Bonchev–Trinajstić information content (AvgIpc) is 3.30. The summed E-state index contributed by atoms with van der Waals surface area (Å²) in [7, 11) is 0. The predicted octanol–water partition coefficient (Wildman–Crippen LogP) is 4.49. The van der Waals surface area contributed by atoms with Crippen molar-refractivity contribution in [1.82, 2.24) is 14.9 Å². The maximum atomic E-state index is 13.2. The van der Waals surface area contributed by atoms with Gasteiger partial charge < -0.3 is 4.90 Å². The third kappa shape index (κ3) is 3.07. The summed E-state index contributed by atoms with van der Waals surface area (Å²) in [4.78, 5) is 24.6. The van der Waals surface area contributed by atoms with Gasteiger partial charge in [0.05, 0.1) is 11.7 Å². The van der Waals surface area contributed by atoms with E-state index in [1.54, 1.807) is 12.4 Å². The van der Waals surface area contributed by atoms with Crippen molar-refractivity contribution in [2.24, 2.45) is 0 Å². The first kappa shape index (κ1) is 16.0. The lowest BCUT2D eigenvalue weighted by atomic mass is 10.1. The van der Waals surface area contributed by atoms with Crippen LogP contribution in [0.25, 0.3) is 10.6 Å². The Labute approximate surface area is 151 Å². The highest BCUT2D eigenvalue weighted by atomic mass is 32.1. The first-order valence-corrected chi connectivity index (χ1v) is 9.29. The minimum atomic E-state index is 0.0940. The van der Waals surface area contributed by atoms with E-state index >= 15 is 0 Å². The Morgan fingerprint density at radius 1 is 1.16 bits per heavy atom. The summed E-state index contributed by atoms with van der Waals surface area (Å²) in [5.41, 5.74) is 3.03. The van der Waals surface area contributed by atoms with Crippen LogP contribution in [0.4, 0.5) is 0 Å². The number of benzene rings is 1. The second-order valence-corrected chi connectivity index (χ2v) is 7.24. The van der Waals surface area contributed by atoms with Gasteiger partial charge in [-0.3, -0.25) is 9.78 Å². The number of nitrogens with zero attached hydrogens (tertiary/aromatic N) is 3. The summed E-state index contributed by atoms with van der Waals surface area (Å²) in [6.45, 7) is 2.72. The Hall–Kier alpha value is -2.53. The highest BCUT2D eigenvalue weighted by molar-refractivity contribution is 7.17. The summed E-state index contributed by atoms with van der Waals surface area (Å²) in [6.07, 6.45) is 5.62. The molecule has 1 aromatic carbocycles. The van der Waals surface area contributed by atoms with Crippen molar-refractivity contribution in [2.75, 3.05) is 6.54 Å². The largest absolute Gasteiger partial charge is 0.331 e. The second-order valence-electron chi connectivity index (χ2n) is 6.24. The van der Waals surface area contributed by atoms with E-state index in [9.17, 15) is 4.79 Å². The molecule has 0 N–H and O–H groups in total. The topological polar surface area (TPSA) is 46.1 Å². The molecule has 1 fully saturated rings. The van der Waals surface area contributed by atoms with E-state index in [2.05, 4.69) is 9.97 Å². The van der Waals surface area contributed by atoms with Crippen LogP contribution in [0.15, 0.2) is 54.9 Å². The Bertz CT molecular complexity index is 876. The summed E-state index contributed by atoms with van der Waals surface area (Å²) < 4.78 is 0. The van der Waals surface area contributed by atoms with Gasteiger partial charge in [-0.1, -0.05) is 30.3 Å². The maximum absolute atomic E-state index is 13.2. The highest BCUT2D eigenvalue weighted by Gasteiger charge is 2.32. The van der Waals surface area contributed by atoms with Crippen LogP contribution in [0.2, 0.25) is 0 Å². The molecule has 0 bridgehead atoms. The highest BCUT2D eigenvalue weighted by Crippen LogP contribution is 2.35. The molecule has 3 heterocycles. The van der Waals surface area contributed by atoms with E-state index in [-0.39, 0.29) is 11.9 Å². The number of aryl methyl sites for hydroxylation is 1. The smallest absolute Gasteiger partial charge is 0.266 e. The number of hydrogen-bond acceptors (Lipinski definition) is 4. The third-order valence-electron chi connectivity index (χ3n) is 4.62. The van der Waals surface area contributed by atoms with Crippen molar-refractivity contribution in [3.05, 3.63) is 71.0 Å². The lowest BCUT2D eigenvalue weighted by molar-refractivity contribution is 0.0739. The molecule has 25 heavy (non-hydrogen) atoms. The molecule has 1 saturated heterocycles. The van der Waals surface area contributed by atoms with Crippen molar-refractivity contribution < 1.29 is 4.79 Å². The SMILES string of the molecule is Cc1nc(-c2ccccc2)sc1C(=O)N1CCCC1c1ccncc1. The fraction of sp³-hybridized carbons (Fsp3) is 0.250. The number of amides is 1. The molecule has 0 saturated carbocycles. The van der Waals surface area contributed by atoms with Gasteiger partial charge in [0.2, 0.25) is 0 Å². The molecule has 0 radical (unpaired) electrons. The number of thiazole rings is 1. The van der Waals surface area contributed by atoms with Crippen LogP contribution < -0.4 is 0 Å². The van der Waals surface area contributed by atoms with E-state index in [0.717, 1.165) is 46.1 Å². The van der Waals surface area contributed by atoms with Crippen molar-refractivity contribution in [2.45, 2.75) is 25.8 Å². The van der Waals surface area contributed by atoms with E-state index < -0.39 is 0 Å². The van der Waals surface area contributed by atoms with Gasteiger partial charge in [0.15, 0.2) is 0 Å². The lowest BCUT2D eigenvalue weighted by Crippen LogP contribution is -2.30. The minimum absolute atomic E-state index is 0.0940. The predicted molar refractivity (Wildman–Crippen MR) is 99.5 cm³/mol. The van der Waals surface area contributed by atoms with Crippen LogP contribution in [0.1, 0.15) is 39.8 Å². The Morgan fingerprint density at radius 3 is 2.68 bits per heavy atom. The third-order valence-corrected chi connectivity index (χ3v) is 5.81. The zero-order valence-corrected chi connectivity index (χ0v) is 14.9. The van der Waals surface area contributed by atoms with Gasteiger partial charge in [-0.25, -0.2) is 4.98 Å². The molecule has 1 aliphatic heterocycles. The molecule has 1 unspecified atom stereocenters. The van der Waals surface area contributed by atoms with Gasteiger partial charge in [0, 0.05) is 24.5 Å². The first-order valence-electron chi connectivity index (χ1n) is 8.48.